The Labute approximate surface area is 139 Å². The lowest BCUT2D eigenvalue weighted by atomic mass is 9.94. The van der Waals surface area contributed by atoms with Crippen molar-refractivity contribution in [3.8, 4) is 0 Å². The van der Waals surface area contributed by atoms with Gasteiger partial charge >= 0.3 is 6.03 Å². The van der Waals surface area contributed by atoms with E-state index in [0.29, 0.717) is 17.1 Å². The number of urea groups is 1. The van der Waals surface area contributed by atoms with E-state index in [4.69, 9.17) is 11.6 Å². The zero-order valence-electron chi connectivity index (χ0n) is 13.1. The number of nitrogens with zero attached hydrogens (tertiary/aromatic N) is 2. The maximum atomic E-state index is 13.0. The second-order valence-electron chi connectivity index (χ2n) is 6.73. The molecule has 0 radical (unpaired) electrons. The molecule has 0 aromatic heterocycles. The van der Waals surface area contributed by atoms with Crippen molar-refractivity contribution in [2.24, 2.45) is 0 Å². The molecule has 1 aromatic rings. The molecule has 22 heavy (non-hydrogen) atoms. The summed E-state index contributed by atoms with van der Waals surface area (Å²) in [5, 5.41) is 0.510. The van der Waals surface area contributed by atoms with Gasteiger partial charge in [-0.15, -0.1) is 11.8 Å². The molecule has 0 spiro atoms. The van der Waals surface area contributed by atoms with Crippen LogP contribution in [0.2, 0.25) is 5.02 Å². The van der Waals surface area contributed by atoms with Gasteiger partial charge in [-0.2, -0.15) is 0 Å². The summed E-state index contributed by atoms with van der Waals surface area (Å²) in [6.45, 7) is 8.26. The van der Waals surface area contributed by atoms with E-state index >= 15 is 0 Å². The number of anilines is 1. The maximum absolute atomic E-state index is 13.0. The second kappa shape index (κ2) is 4.90. The van der Waals surface area contributed by atoms with Crippen LogP contribution in [0.5, 0.6) is 0 Å². The highest BCUT2D eigenvalue weighted by atomic mass is 35.5. The number of hydrogen-bond acceptors (Lipinski definition) is 3. The molecule has 0 N–H and O–H groups in total. The Kier molecular flexibility index (Phi) is 3.49. The van der Waals surface area contributed by atoms with Crippen LogP contribution in [0, 0.1) is 0 Å². The summed E-state index contributed by atoms with van der Waals surface area (Å²) in [7, 11) is 0. The Hall–Kier alpha value is -1.20. The first kappa shape index (κ1) is 15.7. The molecule has 0 bridgehead atoms. The first-order chi connectivity index (χ1) is 10.1. The van der Waals surface area contributed by atoms with Gasteiger partial charge < -0.3 is 4.90 Å². The van der Waals surface area contributed by atoms with Gasteiger partial charge in [0.15, 0.2) is 0 Å². The maximum Gasteiger partial charge on any atom is 0.332 e. The zero-order chi connectivity index (χ0) is 16.3. The molecule has 2 fully saturated rings. The van der Waals surface area contributed by atoms with Gasteiger partial charge in [0.05, 0.1) is 16.6 Å². The summed E-state index contributed by atoms with van der Waals surface area (Å²) in [5.74, 6) is -0.167. The molecule has 2 aliphatic rings. The van der Waals surface area contributed by atoms with Crippen molar-refractivity contribution in [1.29, 1.82) is 0 Å². The van der Waals surface area contributed by atoms with Crippen LogP contribution in [0.3, 0.4) is 0 Å². The van der Waals surface area contributed by atoms with Crippen LogP contribution in [-0.4, -0.2) is 32.5 Å². The van der Waals surface area contributed by atoms with E-state index in [1.54, 1.807) is 36.0 Å². The number of amides is 3. The lowest BCUT2D eigenvalue weighted by Gasteiger charge is -2.43. The lowest BCUT2D eigenvalue weighted by molar-refractivity contribution is -0.120. The van der Waals surface area contributed by atoms with Crippen molar-refractivity contribution in [1.82, 2.24) is 4.90 Å². The van der Waals surface area contributed by atoms with E-state index in [1.165, 1.54) is 4.90 Å². The van der Waals surface area contributed by atoms with Crippen molar-refractivity contribution in [3.05, 3.63) is 29.3 Å². The van der Waals surface area contributed by atoms with Gasteiger partial charge in [0.25, 0.3) is 0 Å². The Morgan fingerprint density at radius 3 is 2.55 bits per heavy atom. The predicted molar refractivity (Wildman–Crippen MR) is 90.3 cm³/mol. The second-order valence-corrected chi connectivity index (χ2v) is 9.43. The number of carbonyl (C=O) groups excluding carboxylic acids is 2. The van der Waals surface area contributed by atoms with Crippen molar-refractivity contribution in [3.63, 3.8) is 0 Å². The van der Waals surface area contributed by atoms with E-state index in [1.807, 2.05) is 18.7 Å². The van der Waals surface area contributed by atoms with E-state index in [2.05, 4.69) is 13.8 Å². The summed E-state index contributed by atoms with van der Waals surface area (Å²) < 4.78 is -0.144. The molecule has 4 nitrogen and oxygen atoms in total. The molecular weight excluding hydrogens is 320 g/mol. The fourth-order valence-electron chi connectivity index (χ4n) is 3.49. The summed E-state index contributed by atoms with van der Waals surface area (Å²) in [6, 6.07) is 6.53. The van der Waals surface area contributed by atoms with Crippen LogP contribution in [0.1, 0.15) is 34.1 Å². The number of halogens is 1. The van der Waals surface area contributed by atoms with Gasteiger partial charge in [0, 0.05) is 16.2 Å². The smallest absolute Gasteiger partial charge is 0.305 e. The summed E-state index contributed by atoms with van der Waals surface area (Å²) in [6.07, 6.45) is 0.335. The monoisotopic (exact) mass is 338 g/mol. The largest absolute Gasteiger partial charge is 0.332 e. The van der Waals surface area contributed by atoms with Gasteiger partial charge in [-0.25, -0.2) is 9.69 Å². The fourth-order valence-corrected chi connectivity index (χ4v) is 5.59. The third kappa shape index (κ3) is 2.31. The van der Waals surface area contributed by atoms with Gasteiger partial charge in [0.2, 0.25) is 5.91 Å². The highest BCUT2D eigenvalue weighted by molar-refractivity contribution is 8.02. The number of benzene rings is 1. The van der Waals surface area contributed by atoms with Crippen molar-refractivity contribution >= 4 is 41.0 Å². The molecule has 0 saturated carbocycles. The average molecular weight is 339 g/mol. The first-order valence-electron chi connectivity index (χ1n) is 7.25. The minimum Gasteiger partial charge on any atom is -0.305 e. The van der Waals surface area contributed by atoms with Crippen LogP contribution in [0.15, 0.2) is 24.3 Å². The Morgan fingerprint density at radius 1 is 1.23 bits per heavy atom. The lowest BCUT2D eigenvalue weighted by Crippen LogP contribution is -2.61. The third-order valence-electron chi connectivity index (χ3n) is 4.29. The fraction of sp³-hybridized carbons (Fsp3) is 0.500. The minimum atomic E-state index is -0.344. The number of hydrogen-bond donors (Lipinski definition) is 0. The highest BCUT2D eigenvalue weighted by Crippen LogP contribution is 2.53. The van der Waals surface area contributed by atoms with Gasteiger partial charge in [0.1, 0.15) is 0 Å². The molecular formula is C16H19ClN2O2S. The summed E-state index contributed by atoms with van der Waals surface area (Å²) >= 11 is 7.74. The molecule has 118 valence electrons. The molecule has 6 heteroatoms. The van der Waals surface area contributed by atoms with Gasteiger partial charge in [-0.1, -0.05) is 17.7 Å². The first-order valence-corrected chi connectivity index (χ1v) is 8.45. The topological polar surface area (TPSA) is 40.6 Å². The summed E-state index contributed by atoms with van der Waals surface area (Å²) in [5.41, 5.74) is 0.534. The normalized spacial score (nSPS) is 26.3. The molecule has 1 aromatic carbocycles. The molecule has 3 rings (SSSR count). The molecule has 3 amide bonds. The van der Waals surface area contributed by atoms with Gasteiger partial charge in [-0.3, -0.25) is 4.79 Å². The molecule has 2 heterocycles. The number of carbonyl (C=O) groups is 2. The highest BCUT2D eigenvalue weighted by Gasteiger charge is 2.58. The Bertz CT molecular complexity index is 659. The Balaban J connectivity index is 2.04. The van der Waals surface area contributed by atoms with Crippen molar-refractivity contribution < 1.29 is 9.59 Å². The number of fused-ring (bicyclic) bond motifs is 1. The van der Waals surface area contributed by atoms with Crippen LogP contribution in [0.4, 0.5) is 10.5 Å². The van der Waals surface area contributed by atoms with E-state index < -0.39 is 0 Å². The van der Waals surface area contributed by atoms with Crippen LogP contribution < -0.4 is 4.90 Å². The van der Waals surface area contributed by atoms with E-state index in [9.17, 15) is 9.59 Å². The van der Waals surface area contributed by atoms with Crippen LogP contribution in [0.25, 0.3) is 0 Å². The van der Waals surface area contributed by atoms with E-state index in [-0.39, 0.29) is 27.6 Å². The van der Waals surface area contributed by atoms with Crippen LogP contribution in [-0.2, 0) is 4.79 Å². The number of thioether (sulfide) groups is 1. The Morgan fingerprint density at radius 2 is 1.91 bits per heavy atom. The molecule has 0 aliphatic carbocycles. The predicted octanol–water partition coefficient (Wildman–Crippen LogP) is 4.13. The quantitative estimate of drug-likeness (QED) is 0.773. The van der Waals surface area contributed by atoms with Crippen molar-refractivity contribution in [2.75, 3.05) is 4.90 Å². The molecule has 1 atom stereocenters. The van der Waals surface area contributed by atoms with Crippen LogP contribution >= 0.6 is 23.4 Å². The minimum absolute atomic E-state index is 0.0806. The SMILES string of the molecule is CC1(C)SC(C)(C)N2C(=O)N(c3cccc(Cl)c3)C(=O)C[C@@H]21. The standard InChI is InChI=1S/C16H19ClN2O2S/c1-15(2)12-9-13(20)18(11-7-5-6-10(17)8-11)14(21)19(12)16(3,4)22-15/h5-8,12H,9H2,1-4H3/t12-/m1/s1. The molecule has 2 aliphatic heterocycles. The van der Waals surface area contributed by atoms with E-state index in [0.717, 1.165) is 0 Å². The van der Waals surface area contributed by atoms with Crippen molar-refractivity contribution in [2.45, 2.75) is 49.8 Å². The molecule has 0 unspecified atom stereocenters. The zero-order valence-corrected chi connectivity index (χ0v) is 14.7. The number of rotatable bonds is 1. The third-order valence-corrected chi connectivity index (χ3v) is 6.02. The van der Waals surface area contributed by atoms with Gasteiger partial charge in [-0.05, 0) is 45.9 Å². The average Bonchev–Trinajstić information content (AvgIpc) is 2.54. The number of imide groups is 1. The summed E-state index contributed by atoms with van der Waals surface area (Å²) in [4.78, 5) is 28.3. The molecule has 2 saturated heterocycles.